The SMILES string of the molecule is CCCCCCCCCCCCCCCCCC(=O)OCC(CC(C[N+](C)(C)C)OP(=O)(O)O)OC(=O)CCCCCCCCCCCCCCCCC. The van der Waals surface area contributed by atoms with E-state index in [0.29, 0.717) is 10.9 Å². The number of carbonyl (C=O) groups excluding carboxylic acids is 2. The number of hydrogen-bond acceptors (Lipinski definition) is 6. The van der Waals surface area contributed by atoms with Gasteiger partial charge in [0.25, 0.3) is 0 Å². The molecule has 0 aromatic heterocycles. The third-order valence-electron chi connectivity index (χ3n) is 10.3. The molecule has 54 heavy (non-hydrogen) atoms. The van der Waals surface area contributed by atoms with Gasteiger partial charge in [0.05, 0.1) is 21.1 Å². The van der Waals surface area contributed by atoms with Gasteiger partial charge in [0, 0.05) is 19.3 Å². The molecule has 2 N–H and O–H groups in total. The maximum absolute atomic E-state index is 12.9. The number of hydrogen-bond donors (Lipinski definition) is 2. The molecule has 0 saturated heterocycles. The highest BCUT2D eigenvalue weighted by atomic mass is 31.2. The summed E-state index contributed by atoms with van der Waals surface area (Å²) in [5, 5.41) is 0. The molecule has 10 heteroatoms. The van der Waals surface area contributed by atoms with Crippen molar-refractivity contribution >= 4 is 19.8 Å². The summed E-state index contributed by atoms with van der Waals surface area (Å²) in [6.45, 7) is 4.65. The molecule has 0 aromatic rings. The minimum atomic E-state index is -4.78. The Labute approximate surface area is 333 Å². The largest absolute Gasteiger partial charge is 0.470 e. The van der Waals surface area contributed by atoms with Gasteiger partial charge in [-0.1, -0.05) is 194 Å². The maximum atomic E-state index is 12.9. The average molecular weight is 791 g/mol. The molecule has 0 aliphatic carbocycles. The normalized spacial score (nSPS) is 13.2. The standard InChI is InChI=1S/C44H88NO8P/c1-6-8-10-12-14-16-18-20-22-24-26-28-30-32-34-36-43(46)51-40-42(38-41(39-45(3,4)5)53-54(48,49)50)52-44(47)37-35-33-31-29-27-25-23-21-19-17-15-13-11-9-7-2/h41-42H,6-40H2,1-5H3,(H-,48,49,50)/p+1. The van der Waals surface area contributed by atoms with Gasteiger partial charge in [-0.05, 0) is 12.8 Å². The lowest BCUT2D eigenvalue weighted by atomic mass is 10.0. The zero-order valence-corrected chi connectivity index (χ0v) is 37.0. The van der Waals surface area contributed by atoms with Crippen LogP contribution in [-0.2, 0) is 28.2 Å². The lowest BCUT2D eigenvalue weighted by molar-refractivity contribution is -0.873. The van der Waals surface area contributed by atoms with Crippen molar-refractivity contribution in [1.82, 2.24) is 0 Å². The third-order valence-corrected chi connectivity index (χ3v) is 10.8. The van der Waals surface area contributed by atoms with Gasteiger partial charge < -0.3 is 23.7 Å². The summed E-state index contributed by atoms with van der Waals surface area (Å²) in [5.41, 5.74) is 0. The number of rotatable bonds is 41. The second-order valence-electron chi connectivity index (χ2n) is 17.1. The van der Waals surface area contributed by atoms with Crippen LogP contribution in [0.2, 0.25) is 0 Å². The minimum absolute atomic E-state index is 0.0253. The van der Waals surface area contributed by atoms with Crippen molar-refractivity contribution in [2.24, 2.45) is 0 Å². The van der Waals surface area contributed by atoms with Crippen molar-refractivity contribution in [3.63, 3.8) is 0 Å². The molecule has 2 atom stereocenters. The van der Waals surface area contributed by atoms with Crippen LogP contribution in [0.25, 0.3) is 0 Å². The first-order chi connectivity index (χ1) is 25.9. The second-order valence-corrected chi connectivity index (χ2v) is 18.3. The Morgan fingerprint density at radius 3 is 1.13 bits per heavy atom. The molecule has 0 spiro atoms. The summed E-state index contributed by atoms with van der Waals surface area (Å²) in [6.07, 6.45) is 36.4. The minimum Gasteiger partial charge on any atom is -0.462 e. The molecule has 0 aliphatic rings. The van der Waals surface area contributed by atoms with E-state index in [2.05, 4.69) is 13.8 Å². The molecular formula is C44H89NO8P+. The summed E-state index contributed by atoms with van der Waals surface area (Å²) in [4.78, 5) is 44.6. The first-order valence-electron chi connectivity index (χ1n) is 22.8. The Balaban J connectivity index is 4.44. The van der Waals surface area contributed by atoms with Crippen molar-refractivity contribution < 1.29 is 42.4 Å². The van der Waals surface area contributed by atoms with Crippen LogP contribution in [0, 0.1) is 0 Å². The summed E-state index contributed by atoms with van der Waals surface area (Å²) >= 11 is 0. The fourth-order valence-electron chi connectivity index (χ4n) is 7.18. The molecule has 322 valence electrons. The fourth-order valence-corrected chi connectivity index (χ4v) is 7.72. The predicted molar refractivity (Wildman–Crippen MR) is 224 cm³/mol. The number of nitrogens with zero attached hydrogens (tertiary/aromatic N) is 1. The summed E-state index contributed by atoms with van der Waals surface area (Å²) in [6, 6.07) is 0. The molecule has 0 saturated carbocycles. The topological polar surface area (TPSA) is 119 Å². The number of likely N-dealkylation sites (N-methyl/N-ethyl adjacent to an activating group) is 1. The van der Waals surface area contributed by atoms with Crippen molar-refractivity contribution in [3.8, 4) is 0 Å². The Kier molecular flexibility index (Phi) is 35.7. The molecule has 0 aromatic carbocycles. The third kappa shape index (κ3) is 40.7. The number of phosphoric acid groups is 1. The van der Waals surface area contributed by atoms with Crippen LogP contribution in [0.5, 0.6) is 0 Å². The number of quaternary nitrogens is 1. The lowest BCUT2D eigenvalue weighted by Gasteiger charge is -2.31. The van der Waals surface area contributed by atoms with Crippen molar-refractivity contribution in [2.75, 3.05) is 34.3 Å². The lowest BCUT2D eigenvalue weighted by Crippen LogP contribution is -2.44. The van der Waals surface area contributed by atoms with Gasteiger partial charge in [-0.25, -0.2) is 4.57 Å². The van der Waals surface area contributed by atoms with Gasteiger partial charge in [-0.3, -0.25) is 14.1 Å². The number of phosphoric ester groups is 1. The first kappa shape index (κ1) is 53.0. The Bertz CT molecular complexity index is 906. The molecule has 0 fully saturated rings. The average Bonchev–Trinajstić information content (AvgIpc) is 3.09. The quantitative estimate of drug-likeness (QED) is 0.0272. The van der Waals surface area contributed by atoms with Crippen LogP contribution < -0.4 is 0 Å². The molecule has 0 heterocycles. The van der Waals surface area contributed by atoms with Crippen molar-refractivity contribution in [3.05, 3.63) is 0 Å². The molecular weight excluding hydrogens is 701 g/mol. The van der Waals surface area contributed by atoms with E-state index < -0.39 is 20.0 Å². The van der Waals surface area contributed by atoms with Gasteiger partial charge in [0.1, 0.15) is 25.4 Å². The number of esters is 2. The van der Waals surface area contributed by atoms with E-state index in [1.54, 1.807) is 0 Å². The molecule has 0 aliphatic heterocycles. The molecule has 0 amide bonds. The van der Waals surface area contributed by atoms with E-state index in [1.807, 2.05) is 21.1 Å². The number of ether oxygens (including phenoxy) is 2. The zero-order chi connectivity index (χ0) is 40.2. The Morgan fingerprint density at radius 1 is 0.500 bits per heavy atom. The summed E-state index contributed by atoms with van der Waals surface area (Å²) in [7, 11) is 0.900. The highest BCUT2D eigenvalue weighted by Gasteiger charge is 2.31. The van der Waals surface area contributed by atoms with E-state index in [-0.39, 0.29) is 37.9 Å². The number of unbranched alkanes of at least 4 members (excludes halogenated alkanes) is 28. The van der Waals surface area contributed by atoms with Gasteiger partial charge in [-0.2, -0.15) is 0 Å². The van der Waals surface area contributed by atoms with Crippen LogP contribution in [0.3, 0.4) is 0 Å². The van der Waals surface area contributed by atoms with E-state index in [1.165, 1.54) is 154 Å². The number of carbonyl (C=O) groups is 2. The van der Waals surface area contributed by atoms with Gasteiger partial charge in [-0.15, -0.1) is 0 Å². The smallest absolute Gasteiger partial charge is 0.462 e. The molecule has 9 nitrogen and oxygen atoms in total. The first-order valence-corrected chi connectivity index (χ1v) is 24.3. The van der Waals surface area contributed by atoms with E-state index in [0.717, 1.165) is 38.5 Å². The highest BCUT2D eigenvalue weighted by molar-refractivity contribution is 7.46. The second kappa shape index (κ2) is 36.4. The molecule has 0 bridgehead atoms. The maximum Gasteiger partial charge on any atom is 0.470 e. The van der Waals surface area contributed by atoms with Gasteiger partial charge in [0.2, 0.25) is 0 Å². The Morgan fingerprint density at radius 2 is 0.815 bits per heavy atom. The van der Waals surface area contributed by atoms with E-state index in [9.17, 15) is 23.9 Å². The van der Waals surface area contributed by atoms with Gasteiger partial charge >= 0.3 is 19.8 Å². The predicted octanol–water partition coefficient (Wildman–Crippen LogP) is 12.5. The van der Waals surface area contributed by atoms with Crippen LogP contribution in [0.1, 0.15) is 226 Å². The zero-order valence-electron chi connectivity index (χ0n) is 36.1. The molecule has 2 unspecified atom stereocenters. The van der Waals surface area contributed by atoms with Gasteiger partial charge in [0.15, 0.2) is 0 Å². The summed E-state index contributed by atoms with van der Waals surface area (Å²) < 4.78 is 28.6. The van der Waals surface area contributed by atoms with Crippen LogP contribution in [0.4, 0.5) is 0 Å². The van der Waals surface area contributed by atoms with Crippen LogP contribution in [-0.4, -0.2) is 72.7 Å². The fraction of sp³-hybridized carbons (Fsp3) is 0.955. The highest BCUT2D eigenvalue weighted by Crippen LogP contribution is 2.39. The molecule has 0 radical (unpaired) electrons. The van der Waals surface area contributed by atoms with E-state index >= 15 is 0 Å². The summed E-state index contributed by atoms with van der Waals surface area (Å²) in [5.74, 6) is -0.722. The van der Waals surface area contributed by atoms with Crippen LogP contribution >= 0.6 is 7.82 Å². The Hall–Kier alpha value is -0.990. The van der Waals surface area contributed by atoms with Crippen molar-refractivity contribution in [1.29, 1.82) is 0 Å². The van der Waals surface area contributed by atoms with E-state index in [4.69, 9.17) is 14.0 Å². The van der Waals surface area contributed by atoms with Crippen molar-refractivity contribution in [2.45, 2.75) is 238 Å². The van der Waals surface area contributed by atoms with Crippen LogP contribution in [0.15, 0.2) is 0 Å². The molecule has 0 rings (SSSR count). The monoisotopic (exact) mass is 791 g/mol.